The number of hydrogen-bond donors (Lipinski definition) is 2. The maximum Gasteiger partial charge on any atom is 0.117 e. The highest BCUT2D eigenvalue weighted by atomic mass is 16.5. The molecule has 1 heterocycles. The van der Waals surface area contributed by atoms with E-state index in [4.69, 9.17) is 4.74 Å². The van der Waals surface area contributed by atoms with E-state index in [0.29, 0.717) is 31.1 Å². The summed E-state index contributed by atoms with van der Waals surface area (Å²) in [5, 5.41) is 22.7. The first-order valence-electron chi connectivity index (χ1n) is 13.4. The van der Waals surface area contributed by atoms with Crippen LogP contribution in [0.2, 0.25) is 0 Å². The van der Waals surface area contributed by atoms with E-state index in [0.717, 1.165) is 43.0 Å². The lowest BCUT2D eigenvalue weighted by Gasteiger charge is -2.56. The standard InChI is InChI=1S/C31H41NO3/c1-30(2)27-14-13-23(29(30)19-27)21-35-22-28(33)20-32-17-15-26(16-18-32)31(34,24-9-5-3-6-10-24)25-11-7-4-8-12-25/h3-13,26-29,33-34H,14-22H2,1-2H3. The second-order valence-corrected chi connectivity index (χ2v) is 11.6. The number of benzene rings is 2. The van der Waals surface area contributed by atoms with E-state index in [-0.39, 0.29) is 5.92 Å². The van der Waals surface area contributed by atoms with Crippen molar-refractivity contribution in [1.29, 1.82) is 0 Å². The highest BCUT2D eigenvalue weighted by Gasteiger charge is 2.51. The zero-order valence-electron chi connectivity index (χ0n) is 21.3. The highest BCUT2D eigenvalue weighted by molar-refractivity contribution is 5.37. The van der Waals surface area contributed by atoms with Gasteiger partial charge in [0.25, 0.3) is 0 Å². The van der Waals surface area contributed by atoms with Gasteiger partial charge in [-0.3, -0.25) is 0 Å². The van der Waals surface area contributed by atoms with Crippen molar-refractivity contribution in [2.75, 3.05) is 32.8 Å². The highest BCUT2D eigenvalue weighted by Crippen LogP contribution is 2.59. The minimum absolute atomic E-state index is 0.129. The fourth-order valence-corrected chi connectivity index (χ4v) is 6.86. The Labute approximate surface area is 210 Å². The third-order valence-electron chi connectivity index (χ3n) is 9.24. The van der Waals surface area contributed by atoms with Crippen molar-refractivity contribution in [1.82, 2.24) is 4.90 Å². The van der Waals surface area contributed by atoms with Gasteiger partial charge in [-0.25, -0.2) is 0 Å². The molecule has 2 aromatic rings. The maximum absolute atomic E-state index is 12.1. The summed E-state index contributed by atoms with van der Waals surface area (Å²) in [5.41, 5.74) is 2.76. The van der Waals surface area contributed by atoms with Crippen LogP contribution >= 0.6 is 0 Å². The van der Waals surface area contributed by atoms with E-state index in [2.05, 4.69) is 24.8 Å². The first-order chi connectivity index (χ1) is 16.9. The van der Waals surface area contributed by atoms with Crippen LogP contribution in [0.1, 0.15) is 50.7 Å². The van der Waals surface area contributed by atoms with Crippen molar-refractivity contribution in [2.24, 2.45) is 23.2 Å². The van der Waals surface area contributed by atoms with Crippen molar-refractivity contribution in [3.63, 3.8) is 0 Å². The number of piperidine rings is 1. The number of β-amino-alcohol motifs (C(OH)–C–C–N with tert-alkyl or cyclic N) is 1. The summed E-state index contributed by atoms with van der Waals surface area (Å²) in [7, 11) is 0. The lowest BCUT2D eigenvalue weighted by atomic mass is 9.49. The molecule has 4 aliphatic rings. The molecule has 4 heteroatoms. The van der Waals surface area contributed by atoms with Crippen LogP contribution in [0.15, 0.2) is 72.3 Å². The molecule has 3 aliphatic carbocycles. The molecular formula is C31H41NO3. The summed E-state index contributed by atoms with van der Waals surface area (Å²) >= 11 is 0. The van der Waals surface area contributed by atoms with Gasteiger partial charge in [0.2, 0.25) is 0 Å². The molecule has 2 fully saturated rings. The number of allylic oxidation sites excluding steroid dienone is 1. The fourth-order valence-electron chi connectivity index (χ4n) is 6.86. The lowest BCUT2D eigenvalue weighted by Crippen LogP contribution is -2.49. The van der Waals surface area contributed by atoms with E-state index in [9.17, 15) is 10.2 Å². The number of fused-ring (bicyclic) bond motifs is 1. The van der Waals surface area contributed by atoms with Crippen LogP contribution in [-0.4, -0.2) is 54.1 Å². The smallest absolute Gasteiger partial charge is 0.117 e. The third kappa shape index (κ3) is 4.86. The number of aliphatic hydroxyl groups is 2. The zero-order chi connectivity index (χ0) is 24.5. The zero-order valence-corrected chi connectivity index (χ0v) is 21.3. The number of rotatable bonds is 9. The predicted octanol–water partition coefficient (Wildman–Crippen LogP) is 5.00. The molecule has 0 radical (unpaired) electrons. The molecule has 0 aromatic heterocycles. The van der Waals surface area contributed by atoms with Gasteiger partial charge in [0, 0.05) is 6.54 Å². The van der Waals surface area contributed by atoms with Crippen LogP contribution in [0.5, 0.6) is 0 Å². The Morgan fingerprint density at radius 3 is 2.14 bits per heavy atom. The topological polar surface area (TPSA) is 52.9 Å². The Morgan fingerprint density at radius 1 is 1.00 bits per heavy atom. The lowest BCUT2D eigenvalue weighted by molar-refractivity contribution is -0.0349. The van der Waals surface area contributed by atoms with Crippen molar-refractivity contribution in [3.8, 4) is 0 Å². The molecule has 2 aromatic carbocycles. The summed E-state index contributed by atoms with van der Waals surface area (Å²) in [5.74, 6) is 1.63. The van der Waals surface area contributed by atoms with E-state index < -0.39 is 11.7 Å². The Balaban J connectivity index is 1.13. The van der Waals surface area contributed by atoms with Crippen molar-refractivity contribution >= 4 is 0 Å². The van der Waals surface area contributed by atoms with E-state index in [1.807, 2.05) is 60.7 Å². The first kappa shape index (κ1) is 24.7. The number of aliphatic hydroxyl groups excluding tert-OH is 1. The number of hydrogen-bond acceptors (Lipinski definition) is 4. The molecule has 6 rings (SSSR count). The average molecular weight is 476 g/mol. The van der Waals surface area contributed by atoms with E-state index in [1.165, 1.54) is 18.4 Å². The Kier molecular flexibility index (Phi) is 7.18. The maximum atomic E-state index is 12.1. The number of nitrogens with zero attached hydrogens (tertiary/aromatic N) is 1. The molecule has 1 saturated heterocycles. The second-order valence-electron chi connectivity index (χ2n) is 11.6. The first-order valence-corrected chi connectivity index (χ1v) is 13.4. The minimum atomic E-state index is -1.00. The molecule has 35 heavy (non-hydrogen) atoms. The molecule has 2 N–H and O–H groups in total. The summed E-state index contributed by atoms with van der Waals surface area (Å²) in [6.07, 6.45) is 6.15. The van der Waals surface area contributed by atoms with E-state index in [1.54, 1.807) is 0 Å². The molecule has 3 unspecified atom stereocenters. The molecule has 1 saturated carbocycles. The monoisotopic (exact) mass is 475 g/mol. The molecule has 0 spiro atoms. The van der Waals surface area contributed by atoms with Gasteiger partial charge >= 0.3 is 0 Å². The SMILES string of the molecule is CC1(C)C2CC=C(COCC(O)CN3CCC(C(O)(c4ccccc4)c4ccccc4)CC3)C1C2. The van der Waals surface area contributed by atoms with Gasteiger partial charge in [0.15, 0.2) is 0 Å². The number of likely N-dealkylation sites (tertiary alicyclic amines) is 1. The van der Waals surface area contributed by atoms with Crippen molar-refractivity contribution in [2.45, 2.75) is 51.2 Å². The number of ether oxygens (including phenoxy) is 1. The largest absolute Gasteiger partial charge is 0.389 e. The van der Waals surface area contributed by atoms with Crippen LogP contribution in [0, 0.1) is 23.2 Å². The Bertz CT molecular complexity index is 955. The van der Waals surface area contributed by atoms with Gasteiger partial charge in [-0.2, -0.15) is 0 Å². The minimum Gasteiger partial charge on any atom is -0.389 e. The van der Waals surface area contributed by atoms with Gasteiger partial charge in [0.1, 0.15) is 5.60 Å². The Hall–Kier alpha value is -1.98. The van der Waals surface area contributed by atoms with Gasteiger partial charge < -0.3 is 19.8 Å². The van der Waals surface area contributed by atoms with Gasteiger partial charge in [-0.05, 0) is 78.6 Å². The molecule has 0 amide bonds. The second kappa shape index (κ2) is 10.2. The summed E-state index contributed by atoms with van der Waals surface area (Å²) in [4.78, 5) is 2.32. The van der Waals surface area contributed by atoms with Crippen LogP contribution < -0.4 is 0 Å². The predicted molar refractivity (Wildman–Crippen MR) is 140 cm³/mol. The van der Waals surface area contributed by atoms with Gasteiger partial charge in [-0.15, -0.1) is 0 Å². The molecule has 3 atom stereocenters. The van der Waals surface area contributed by atoms with Crippen LogP contribution in [0.4, 0.5) is 0 Å². The molecular weight excluding hydrogens is 434 g/mol. The average Bonchev–Trinajstić information content (AvgIpc) is 2.89. The van der Waals surface area contributed by atoms with Crippen LogP contribution in [0.25, 0.3) is 0 Å². The third-order valence-corrected chi connectivity index (χ3v) is 9.24. The van der Waals surface area contributed by atoms with Gasteiger partial charge in [-0.1, -0.05) is 80.6 Å². The molecule has 2 bridgehead atoms. The van der Waals surface area contributed by atoms with E-state index >= 15 is 0 Å². The van der Waals surface area contributed by atoms with Crippen LogP contribution in [-0.2, 0) is 10.3 Å². The van der Waals surface area contributed by atoms with Gasteiger partial charge in [0.05, 0.1) is 19.3 Å². The summed E-state index contributed by atoms with van der Waals surface area (Å²) < 4.78 is 5.97. The molecule has 1 aliphatic heterocycles. The summed E-state index contributed by atoms with van der Waals surface area (Å²) in [6, 6.07) is 20.1. The Morgan fingerprint density at radius 2 is 1.60 bits per heavy atom. The quantitative estimate of drug-likeness (QED) is 0.501. The summed E-state index contributed by atoms with van der Waals surface area (Å²) in [6.45, 7) is 8.16. The molecule has 4 nitrogen and oxygen atoms in total. The van der Waals surface area contributed by atoms with Crippen molar-refractivity contribution < 1.29 is 14.9 Å². The van der Waals surface area contributed by atoms with Crippen LogP contribution in [0.3, 0.4) is 0 Å². The fraction of sp³-hybridized carbons (Fsp3) is 0.548. The van der Waals surface area contributed by atoms with Crippen molar-refractivity contribution in [3.05, 3.63) is 83.4 Å². The molecule has 188 valence electrons. The normalized spacial score (nSPS) is 25.5.